The van der Waals surface area contributed by atoms with E-state index in [1.165, 1.54) is 38.5 Å². The number of carbonyl (C=O) groups is 1. The smallest absolute Gasteiger partial charge is 0.179 e. The van der Waals surface area contributed by atoms with Gasteiger partial charge in [-0.3, -0.25) is 9.69 Å². The lowest BCUT2D eigenvalue weighted by atomic mass is 9.97. The molecule has 0 spiro atoms. The summed E-state index contributed by atoms with van der Waals surface area (Å²) in [5.74, 6) is 0.323. The molecule has 0 radical (unpaired) electrons. The predicted molar refractivity (Wildman–Crippen MR) is 84.1 cm³/mol. The molecule has 2 rings (SSSR count). The summed E-state index contributed by atoms with van der Waals surface area (Å²) < 4.78 is 0. The van der Waals surface area contributed by atoms with Gasteiger partial charge in [0.05, 0.1) is 6.04 Å². The molecule has 1 saturated heterocycles. The number of hydrogen-bond donors (Lipinski definition) is 0. The van der Waals surface area contributed by atoms with E-state index in [9.17, 15) is 4.79 Å². The third-order valence-corrected chi connectivity index (χ3v) is 4.27. The number of hydrogen-bond acceptors (Lipinski definition) is 2. The number of nitrogens with zero attached hydrogens (tertiary/aromatic N) is 1. The van der Waals surface area contributed by atoms with Crippen molar-refractivity contribution in [2.24, 2.45) is 0 Å². The topological polar surface area (TPSA) is 20.3 Å². The maximum absolute atomic E-state index is 12.8. The molecule has 0 saturated carbocycles. The van der Waals surface area contributed by atoms with E-state index >= 15 is 0 Å². The predicted octanol–water partition coefficient (Wildman–Crippen LogP) is 4.30. The summed E-state index contributed by atoms with van der Waals surface area (Å²) in [4.78, 5) is 15.2. The van der Waals surface area contributed by atoms with Crippen LogP contribution >= 0.6 is 0 Å². The van der Waals surface area contributed by atoms with E-state index in [4.69, 9.17) is 0 Å². The maximum Gasteiger partial charge on any atom is 0.179 e. The molecule has 1 aromatic rings. The highest BCUT2D eigenvalue weighted by molar-refractivity contribution is 6.00. The lowest BCUT2D eigenvalue weighted by Crippen LogP contribution is -2.39. The highest BCUT2D eigenvalue weighted by Gasteiger charge is 2.28. The van der Waals surface area contributed by atoms with Crippen molar-refractivity contribution in [1.82, 2.24) is 4.90 Å². The molecule has 1 aliphatic heterocycles. The van der Waals surface area contributed by atoms with Gasteiger partial charge in [-0.25, -0.2) is 0 Å². The summed E-state index contributed by atoms with van der Waals surface area (Å²) in [7, 11) is 0. The molecule has 1 heterocycles. The third kappa shape index (κ3) is 4.17. The molecule has 20 heavy (non-hydrogen) atoms. The fourth-order valence-electron chi connectivity index (χ4n) is 3.09. The van der Waals surface area contributed by atoms with Crippen molar-refractivity contribution >= 4 is 5.78 Å². The molecular formula is C18H27NO. The van der Waals surface area contributed by atoms with Crippen molar-refractivity contribution in [3.05, 3.63) is 35.9 Å². The zero-order valence-electron chi connectivity index (χ0n) is 12.7. The Morgan fingerprint density at radius 2 is 1.80 bits per heavy atom. The molecule has 0 unspecified atom stereocenters. The number of likely N-dealkylation sites (tertiary alicyclic amines) is 1. The molecule has 2 heteroatoms. The Morgan fingerprint density at radius 1 is 1.10 bits per heavy atom. The second kappa shape index (κ2) is 8.21. The second-order valence-corrected chi connectivity index (χ2v) is 5.84. The first-order valence-corrected chi connectivity index (χ1v) is 8.16. The summed E-state index contributed by atoms with van der Waals surface area (Å²) >= 11 is 0. The number of ketones is 1. The van der Waals surface area contributed by atoms with E-state index in [1.54, 1.807) is 0 Å². The minimum atomic E-state index is 0.108. The molecular weight excluding hydrogens is 246 g/mol. The van der Waals surface area contributed by atoms with Crippen LogP contribution in [0.3, 0.4) is 0 Å². The van der Waals surface area contributed by atoms with Crippen LogP contribution < -0.4 is 0 Å². The summed E-state index contributed by atoms with van der Waals surface area (Å²) in [6, 6.07) is 9.92. The van der Waals surface area contributed by atoms with Crippen LogP contribution in [0.5, 0.6) is 0 Å². The van der Waals surface area contributed by atoms with Gasteiger partial charge in [0, 0.05) is 5.56 Å². The first kappa shape index (κ1) is 15.2. The lowest BCUT2D eigenvalue weighted by molar-refractivity contribution is 0.0834. The average Bonchev–Trinajstić information content (AvgIpc) is 3.02. The molecule has 1 atom stereocenters. The molecule has 110 valence electrons. The number of carbonyl (C=O) groups excluding carboxylic acids is 1. The van der Waals surface area contributed by atoms with Crippen LogP contribution in [0.4, 0.5) is 0 Å². The van der Waals surface area contributed by atoms with E-state index in [1.807, 2.05) is 30.3 Å². The highest BCUT2D eigenvalue weighted by atomic mass is 16.1. The second-order valence-electron chi connectivity index (χ2n) is 5.84. The molecule has 1 fully saturated rings. The van der Waals surface area contributed by atoms with Crippen LogP contribution in [-0.2, 0) is 0 Å². The highest BCUT2D eigenvalue weighted by Crippen LogP contribution is 2.20. The van der Waals surface area contributed by atoms with Crippen molar-refractivity contribution in [2.75, 3.05) is 13.1 Å². The maximum atomic E-state index is 12.8. The normalized spacial score (nSPS) is 17.2. The summed E-state index contributed by atoms with van der Waals surface area (Å²) in [5, 5.41) is 0. The van der Waals surface area contributed by atoms with Gasteiger partial charge in [0.25, 0.3) is 0 Å². The SMILES string of the molecule is CCCCCC[C@@H](C(=O)c1ccccc1)N1CCCC1. The zero-order chi connectivity index (χ0) is 14.2. The van der Waals surface area contributed by atoms with E-state index < -0.39 is 0 Å². The standard InChI is InChI=1S/C18H27NO/c1-2-3-4-8-13-17(19-14-9-10-15-19)18(20)16-11-6-5-7-12-16/h5-7,11-12,17H,2-4,8-10,13-15H2,1H3/t17-/m0/s1. The van der Waals surface area contributed by atoms with Gasteiger partial charge in [-0.05, 0) is 32.4 Å². The van der Waals surface area contributed by atoms with Crippen molar-refractivity contribution < 1.29 is 4.79 Å². The molecule has 0 aromatic heterocycles. The van der Waals surface area contributed by atoms with Gasteiger partial charge in [-0.15, -0.1) is 0 Å². The fraction of sp³-hybridized carbons (Fsp3) is 0.611. The molecule has 1 aliphatic rings. The Bertz CT molecular complexity index is 395. The monoisotopic (exact) mass is 273 g/mol. The Kier molecular flexibility index (Phi) is 6.25. The van der Waals surface area contributed by atoms with Crippen LogP contribution in [0, 0.1) is 0 Å². The van der Waals surface area contributed by atoms with E-state index in [0.29, 0.717) is 5.78 Å². The lowest BCUT2D eigenvalue weighted by Gasteiger charge is -2.26. The van der Waals surface area contributed by atoms with Crippen LogP contribution in [0.2, 0.25) is 0 Å². The van der Waals surface area contributed by atoms with Crippen LogP contribution in [0.15, 0.2) is 30.3 Å². The largest absolute Gasteiger partial charge is 0.293 e. The van der Waals surface area contributed by atoms with Crippen molar-refractivity contribution in [1.29, 1.82) is 0 Å². The van der Waals surface area contributed by atoms with Gasteiger partial charge >= 0.3 is 0 Å². The number of rotatable bonds is 8. The average molecular weight is 273 g/mol. The molecule has 0 amide bonds. The third-order valence-electron chi connectivity index (χ3n) is 4.27. The van der Waals surface area contributed by atoms with E-state index in [0.717, 1.165) is 25.1 Å². The first-order chi connectivity index (χ1) is 9.83. The van der Waals surface area contributed by atoms with Gasteiger partial charge < -0.3 is 0 Å². The quantitative estimate of drug-likeness (QED) is 0.520. The van der Waals surface area contributed by atoms with Gasteiger partial charge in [-0.2, -0.15) is 0 Å². The van der Waals surface area contributed by atoms with Crippen LogP contribution in [-0.4, -0.2) is 29.8 Å². The molecule has 0 bridgehead atoms. The van der Waals surface area contributed by atoms with Gasteiger partial charge in [-0.1, -0.05) is 62.9 Å². The van der Waals surface area contributed by atoms with Gasteiger partial charge in [0.15, 0.2) is 5.78 Å². The fourth-order valence-corrected chi connectivity index (χ4v) is 3.09. The zero-order valence-corrected chi connectivity index (χ0v) is 12.7. The molecule has 1 aromatic carbocycles. The number of benzene rings is 1. The molecule has 0 N–H and O–H groups in total. The Balaban J connectivity index is 1.99. The molecule has 2 nitrogen and oxygen atoms in total. The minimum Gasteiger partial charge on any atom is -0.293 e. The Hall–Kier alpha value is -1.15. The Morgan fingerprint density at radius 3 is 2.45 bits per heavy atom. The van der Waals surface area contributed by atoms with Gasteiger partial charge in [0.1, 0.15) is 0 Å². The van der Waals surface area contributed by atoms with Crippen molar-refractivity contribution in [3.8, 4) is 0 Å². The van der Waals surface area contributed by atoms with E-state index in [2.05, 4.69) is 11.8 Å². The number of unbranched alkanes of at least 4 members (excludes halogenated alkanes) is 3. The van der Waals surface area contributed by atoms with Crippen LogP contribution in [0.1, 0.15) is 62.2 Å². The summed E-state index contributed by atoms with van der Waals surface area (Å²) in [6.45, 7) is 4.42. The minimum absolute atomic E-state index is 0.108. The van der Waals surface area contributed by atoms with Crippen molar-refractivity contribution in [3.63, 3.8) is 0 Å². The van der Waals surface area contributed by atoms with Crippen LogP contribution in [0.25, 0.3) is 0 Å². The van der Waals surface area contributed by atoms with Gasteiger partial charge in [0.2, 0.25) is 0 Å². The summed E-state index contributed by atoms with van der Waals surface area (Å²) in [5.41, 5.74) is 0.875. The Labute approximate surface area is 123 Å². The van der Waals surface area contributed by atoms with E-state index in [-0.39, 0.29) is 6.04 Å². The van der Waals surface area contributed by atoms with Crippen molar-refractivity contribution in [2.45, 2.75) is 57.9 Å². The molecule has 0 aliphatic carbocycles. The number of Topliss-reactive ketones (excluding diaryl/α,β-unsaturated/α-hetero) is 1. The first-order valence-electron chi connectivity index (χ1n) is 8.16. The summed E-state index contributed by atoms with van der Waals surface area (Å²) in [6.07, 6.45) is 8.47.